The molecule has 0 saturated heterocycles. The minimum atomic E-state index is -2.84. The molecule has 0 heterocycles. The number of nitrogens with one attached hydrogen (secondary N) is 1. The number of nitrogens with zero attached hydrogens (tertiary/aromatic N) is 1. The van der Waals surface area contributed by atoms with Crippen molar-refractivity contribution in [3.8, 4) is 0 Å². The number of alkyl halides is 2. The number of hydrogen-bond donors (Lipinski definition) is 1. The maximum Gasteiger partial charge on any atom is 0.270 e. The zero-order chi connectivity index (χ0) is 15.4. The van der Waals surface area contributed by atoms with E-state index in [9.17, 15) is 13.6 Å². The van der Waals surface area contributed by atoms with E-state index in [2.05, 4.69) is 31.2 Å². The number of aliphatic imine (C=N–C) groups is 1. The third-order valence-corrected chi connectivity index (χ3v) is 3.54. The maximum atomic E-state index is 12.7. The Labute approximate surface area is 118 Å². The van der Waals surface area contributed by atoms with Gasteiger partial charge in [-0.15, -0.1) is 0 Å². The topological polar surface area (TPSA) is 50.7 Å². The first-order valence-electron chi connectivity index (χ1n) is 6.84. The van der Waals surface area contributed by atoms with Gasteiger partial charge in [0.15, 0.2) is 0 Å². The molecule has 116 valence electrons. The van der Waals surface area contributed by atoms with Crippen LogP contribution in [0.25, 0.3) is 0 Å². The molecule has 0 aromatic heterocycles. The summed E-state index contributed by atoms with van der Waals surface area (Å²) in [5.41, 5.74) is 2.64. The highest BCUT2D eigenvalue weighted by Crippen LogP contribution is 2.46. The molecular weight excluding hydrogens is 266 g/mol. The molecule has 1 saturated carbocycles. The molecule has 1 rings (SSSR count). The summed E-state index contributed by atoms with van der Waals surface area (Å²) in [6, 6.07) is -0.0204. The van der Waals surface area contributed by atoms with Crippen LogP contribution in [0.5, 0.6) is 0 Å². The van der Waals surface area contributed by atoms with Gasteiger partial charge in [0.25, 0.3) is 5.92 Å². The fourth-order valence-corrected chi connectivity index (χ4v) is 3.35. The Morgan fingerprint density at radius 1 is 1.40 bits per heavy atom. The first kappa shape index (κ1) is 17.2. The van der Waals surface area contributed by atoms with E-state index in [1.54, 1.807) is 6.08 Å². The predicted molar refractivity (Wildman–Crippen MR) is 72.2 cm³/mol. The third kappa shape index (κ3) is 6.07. The normalized spacial score (nSPS) is 29.8. The number of rotatable bonds is 6. The van der Waals surface area contributed by atoms with Crippen LogP contribution in [0, 0.1) is 10.8 Å². The molecule has 20 heavy (non-hydrogen) atoms. The number of hydroxylamine groups is 1. The van der Waals surface area contributed by atoms with E-state index in [4.69, 9.17) is 4.84 Å². The molecule has 0 aliphatic heterocycles. The SMILES string of the molecule is CC(F)(F)CONC1CC(C)(C)CC(C)(CN=C=O)C1. The number of carbonyl (C=O) groups excluding carboxylic acids is 1. The van der Waals surface area contributed by atoms with E-state index in [0.29, 0.717) is 6.54 Å². The monoisotopic (exact) mass is 290 g/mol. The predicted octanol–water partition coefficient (Wildman–Crippen LogP) is 3.08. The van der Waals surface area contributed by atoms with Crippen LogP contribution in [0.2, 0.25) is 0 Å². The van der Waals surface area contributed by atoms with Crippen molar-refractivity contribution in [1.29, 1.82) is 0 Å². The van der Waals surface area contributed by atoms with Crippen LogP contribution in [-0.2, 0) is 9.63 Å². The van der Waals surface area contributed by atoms with E-state index in [1.165, 1.54) is 0 Å². The largest absolute Gasteiger partial charge is 0.295 e. The molecule has 0 aromatic carbocycles. The Bertz CT molecular complexity index is 376. The highest BCUT2D eigenvalue weighted by Gasteiger charge is 2.41. The van der Waals surface area contributed by atoms with E-state index >= 15 is 0 Å². The van der Waals surface area contributed by atoms with E-state index in [-0.39, 0.29) is 16.9 Å². The molecule has 1 fully saturated rings. The molecule has 1 aliphatic rings. The summed E-state index contributed by atoms with van der Waals surface area (Å²) in [5.74, 6) is -2.84. The Kier molecular flexibility index (Phi) is 5.41. The summed E-state index contributed by atoms with van der Waals surface area (Å²) < 4.78 is 25.4. The Balaban J connectivity index is 2.60. The van der Waals surface area contributed by atoms with Crippen LogP contribution in [0.4, 0.5) is 8.78 Å². The first-order valence-corrected chi connectivity index (χ1v) is 6.84. The number of halogens is 2. The Hall–Kier alpha value is -0.840. The van der Waals surface area contributed by atoms with Gasteiger partial charge in [0.05, 0.1) is 6.54 Å². The Morgan fingerprint density at radius 3 is 2.60 bits per heavy atom. The molecule has 0 bridgehead atoms. The van der Waals surface area contributed by atoms with Crippen molar-refractivity contribution in [3.63, 3.8) is 0 Å². The highest BCUT2D eigenvalue weighted by molar-refractivity contribution is 5.33. The van der Waals surface area contributed by atoms with Crippen LogP contribution in [0.15, 0.2) is 4.99 Å². The standard InChI is InChI=1S/C14H24F2N2O2/c1-12(2)5-11(18-20-9-14(4,15)16)6-13(3,7-12)8-17-10-19/h11,18H,5-9H2,1-4H3. The zero-order valence-electron chi connectivity index (χ0n) is 12.6. The van der Waals surface area contributed by atoms with Gasteiger partial charge in [-0.05, 0) is 30.1 Å². The van der Waals surface area contributed by atoms with Crippen LogP contribution < -0.4 is 5.48 Å². The quantitative estimate of drug-likeness (QED) is 0.464. The molecule has 4 nitrogen and oxygen atoms in total. The molecule has 0 amide bonds. The summed E-state index contributed by atoms with van der Waals surface area (Å²) >= 11 is 0. The van der Waals surface area contributed by atoms with E-state index in [0.717, 1.165) is 26.2 Å². The molecule has 2 atom stereocenters. The smallest absolute Gasteiger partial charge is 0.270 e. The average molecular weight is 290 g/mol. The summed E-state index contributed by atoms with van der Waals surface area (Å²) in [4.78, 5) is 18.9. The van der Waals surface area contributed by atoms with Gasteiger partial charge >= 0.3 is 0 Å². The lowest BCUT2D eigenvalue weighted by molar-refractivity contribution is -0.114. The van der Waals surface area contributed by atoms with Gasteiger partial charge in [0.1, 0.15) is 6.61 Å². The first-order chi connectivity index (χ1) is 9.05. The van der Waals surface area contributed by atoms with Crippen molar-refractivity contribution < 1.29 is 18.4 Å². The van der Waals surface area contributed by atoms with Crippen molar-refractivity contribution in [2.24, 2.45) is 15.8 Å². The fourth-order valence-electron chi connectivity index (χ4n) is 3.35. The molecule has 0 spiro atoms. The number of hydrogen-bond acceptors (Lipinski definition) is 4. The second-order valence-corrected chi connectivity index (χ2v) is 7.14. The molecule has 0 aromatic rings. The summed E-state index contributed by atoms with van der Waals surface area (Å²) in [6.07, 6.45) is 4.06. The minimum absolute atomic E-state index is 0.0204. The van der Waals surface area contributed by atoms with Gasteiger partial charge in [-0.1, -0.05) is 20.8 Å². The zero-order valence-corrected chi connectivity index (χ0v) is 12.6. The lowest BCUT2D eigenvalue weighted by Crippen LogP contribution is -2.46. The van der Waals surface area contributed by atoms with Gasteiger partial charge in [-0.2, -0.15) is 5.48 Å². The summed E-state index contributed by atoms with van der Waals surface area (Å²) in [7, 11) is 0. The second kappa shape index (κ2) is 6.29. The van der Waals surface area contributed by atoms with Crippen LogP contribution >= 0.6 is 0 Å². The molecule has 1 N–H and O–H groups in total. The van der Waals surface area contributed by atoms with Crippen LogP contribution in [0.1, 0.15) is 47.0 Å². The van der Waals surface area contributed by atoms with Crippen molar-refractivity contribution in [2.45, 2.75) is 58.9 Å². The van der Waals surface area contributed by atoms with E-state index < -0.39 is 12.5 Å². The van der Waals surface area contributed by atoms with E-state index in [1.807, 2.05) is 0 Å². The molecular formula is C14H24F2N2O2. The van der Waals surface area contributed by atoms with Crippen molar-refractivity contribution >= 4 is 6.08 Å². The molecule has 0 radical (unpaired) electrons. The lowest BCUT2D eigenvalue weighted by Gasteiger charge is -2.45. The van der Waals surface area contributed by atoms with Gasteiger partial charge < -0.3 is 0 Å². The third-order valence-electron chi connectivity index (χ3n) is 3.54. The molecule has 2 unspecified atom stereocenters. The lowest BCUT2D eigenvalue weighted by atomic mass is 9.63. The molecule has 1 aliphatic carbocycles. The summed E-state index contributed by atoms with van der Waals surface area (Å²) in [5, 5.41) is 0. The maximum absolute atomic E-state index is 12.7. The van der Waals surface area contributed by atoms with Gasteiger partial charge in [0.2, 0.25) is 6.08 Å². The van der Waals surface area contributed by atoms with Crippen LogP contribution in [0.3, 0.4) is 0 Å². The number of isocyanates is 1. The minimum Gasteiger partial charge on any atom is -0.295 e. The van der Waals surface area contributed by atoms with Crippen molar-refractivity contribution in [2.75, 3.05) is 13.2 Å². The second-order valence-electron chi connectivity index (χ2n) is 7.14. The van der Waals surface area contributed by atoms with Crippen LogP contribution in [-0.4, -0.2) is 31.2 Å². The van der Waals surface area contributed by atoms with Crippen molar-refractivity contribution in [1.82, 2.24) is 5.48 Å². The highest BCUT2D eigenvalue weighted by atomic mass is 19.3. The van der Waals surface area contributed by atoms with Gasteiger partial charge in [0, 0.05) is 13.0 Å². The van der Waals surface area contributed by atoms with Gasteiger partial charge in [-0.3, -0.25) is 4.84 Å². The fraction of sp³-hybridized carbons (Fsp3) is 0.929. The average Bonchev–Trinajstić information content (AvgIpc) is 2.22. The molecule has 6 heteroatoms. The summed E-state index contributed by atoms with van der Waals surface area (Å²) in [6.45, 7) is 6.88. The Morgan fingerprint density at radius 2 is 2.05 bits per heavy atom. The van der Waals surface area contributed by atoms with Gasteiger partial charge in [-0.25, -0.2) is 18.6 Å². The van der Waals surface area contributed by atoms with Crippen molar-refractivity contribution in [3.05, 3.63) is 0 Å².